The summed E-state index contributed by atoms with van der Waals surface area (Å²) in [6.07, 6.45) is 7.53. The van der Waals surface area contributed by atoms with Gasteiger partial charge < -0.3 is 14.6 Å². The third kappa shape index (κ3) is 3.29. The first kappa shape index (κ1) is 15.0. The highest BCUT2D eigenvalue weighted by molar-refractivity contribution is 5.01. The van der Waals surface area contributed by atoms with Crippen molar-refractivity contribution in [2.45, 2.75) is 64.5 Å². The second-order valence-electron chi connectivity index (χ2n) is 6.46. The van der Waals surface area contributed by atoms with Crippen molar-refractivity contribution in [3.05, 3.63) is 11.7 Å². The number of aromatic nitrogens is 2. The highest BCUT2D eigenvalue weighted by Gasteiger charge is 2.33. The zero-order valence-electron chi connectivity index (χ0n) is 13.2. The van der Waals surface area contributed by atoms with E-state index in [1.165, 1.54) is 38.5 Å². The Hall–Kier alpha value is -0.940. The van der Waals surface area contributed by atoms with E-state index in [4.69, 9.17) is 9.26 Å². The minimum atomic E-state index is 0.00418. The lowest BCUT2D eigenvalue weighted by atomic mass is 9.85. The van der Waals surface area contributed by atoms with Crippen LogP contribution >= 0.6 is 0 Å². The van der Waals surface area contributed by atoms with Gasteiger partial charge in [0.05, 0.1) is 6.04 Å². The number of rotatable bonds is 5. The maximum absolute atomic E-state index is 5.96. The van der Waals surface area contributed by atoms with Crippen molar-refractivity contribution in [2.75, 3.05) is 13.2 Å². The van der Waals surface area contributed by atoms with Crippen LogP contribution in [0.15, 0.2) is 4.52 Å². The van der Waals surface area contributed by atoms with Crippen molar-refractivity contribution >= 4 is 0 Å². The van der Waals surface area contributed by atoms with Gasteiger partial charge >= 0.3 is 0 Å². The van der Waals surface area contributed by atoms with Gasteiger partial charge in [-0.25, -0.2) is 0 Å². The summed E-state index contributed by atoms with van der Waals surface area (Å²) < 4.78 is 11.5. The van der Waals surface area contributed by atoms with Gasteiger partial charge in [0.2, 0.25) is 11.7 Å². The van der Waals surface area contributed by atoms with Gasteiger partial charge in [-0.15, -0.1) is 0 Å². The van der Waals surface area contributed by atoms with E-state index in [9.17, 15) is 0 Å². The average molecular weight is 293 g/mol. The largest absolute Gasteiger partial charge is 0.370 e. The molecular formula is C16H27N3O2. The van der Waals surface area contributed by atoms with Gasteiger partial charge in [-0.2, -0.15) is 4.98 Å². The van der Waals surface area contributed by atoms with E-state index in [1.54, 1.807) is 0 Å². The maximum Gasteiger partial charge on any atom is 0.244 e. The van der Waals surface area contributed by atoms with Crippen LogP contribution in [-0.4, -0.2) is 23.3 Å². The van der Waals surface area contributed by atoms with Crippen LogP contribution in [0.2, 0.25) is 0 Å². The molecule has 2 fully saturated rings. The Balaban J connectivity index is 1.74. The van der Waals surface area contributed by atoms with Crippen molar-refractivity contribution in [2.24, 2.45) is 11.8 Å². The summed E-state index contributed by atoms with van der Waals surface area (Å²) in [5.74, 6) is 2.58. The molecule has 1 aliphatic heterocycles. The summed E-state index contributed by atoms with van der Waals surface area (Å²) in [5, 5.41) is 7.69. The quantitative estimate of drug-likeness (QED) is 0.901. The van der Waals surface area contributed by atoms with Gasteiger partial charge in [0.25, 0.3) is 0 Å². The molecule has 1 aromatic rings. The lowest BCUT2D eigenvalue weighted by Gasteiger charge is -2.27. The summed E-state index contributed by atoms with van der Waals surface area (Å²) >= 11 is 0. The fourth-order valence-corrected chi connectivity index (χ4v) is 3.69. The van der Waals surface area contributed by atoms with Crippen molar-refractivity contribution in [3.8, 4) is 0 Å². The molecule has 118 valence electrons. The summed E-state index contributed by atoms with van der Waals surface area (Å²) in [6.45, 7) is 6.00. The number of hydrogen-bond acceptors (Lipinski definition) is 5. The Morgan fingerprint density at radius 3 is 2.76 bits per heavy atom. The molecule has 1 saturated carbocycles. The third-order valence-corrected chi connectivity index (χ3v) is 4.94. The van der Waals surface area contributed by atoms with Gasteiger partial charge in [0.1, 0.15) is 6.10 Å². The molecule has 0 bridgehead atoms. The van der Waals surface area contributed by atoms with Crippen LogP contribution in [0.25, 0.3) is 0 Å². The van der Waals surface area contributed by atoms with Crippen LogP contribution in [0, 0.1) is 11.8 Å². The van der Waals surface area contributed by atoms with Crippen LogP contribution in [0.5, 0.6) is 0 Å². The number of ether oxygens (including phenoxy) is 1. The van der Waals surface area contributed by atoms with Crippen molar-refractivity contribution in [3.63, 3.8) is 0 Å². The Bertz CT molecular complexity index is 442. The summed E-state index contributed by atoms with van der Waals surface area (Å²) in [4.78, 5) is 4.67. The van der Waals surface area contributed by atoms with Crippen LogP contribution < -0.4 is 5.32 Å². The molecule has 1 N–H and O–H groups in total. The molecule has 5 heteroatoms. The highest BCUT2D eigenvalue weighted by Crippen LogP contribution is 2.36. The van der Waals surface area contributed by atoms with Crippen molar-refractivity contribution < 1.29 is 9.26 Å². The summed E-state index contributed by atoms with van der Waals surface area (Å²) in [7, 11) is 0. The van der Waals surface area contributed by atoms with E-state index < -0.39 is 0 Å². The van der Waals surface area contributed by atoms with Crippen molar-refractivity contribution in [1.29, 1.82) is 0 Å². The predicted molar refractivity (Wildman–Crippen MR) is 79.8 cm³/mol. The van der Waals surface area contributed by atoms with Crippen LogP contribution in [0.3, 0.4) is 0 Å². The Morgan fingerprint density at radius 1 is 1.29 bits per heavy atom. The molecule has 2 heterocycles. The maximum atomic E-state index is 5.96. The molecule has 0 radical (unpaired) electrons. The topological polar surface area (TPSA) is 60.2 Å². The van der Waals surface area contributed by atoms with E-state index in [1.807, 2.05) is 6.92 Å². The van der Waals surface area contributed by atoms with E-state index >= 15 is 0 Å². The zero-order valence-corrected chi connectivity index (χ0v) is 13.2. The minimum Gasteiger partial charge on any atom is -0.370 e. The zero-order chi connectivity index (χ0) is 14.7. The van der Waals surface area contributed by atoms with Gasteiger partial charge in [-0.1, -0.05) is 31.3 Å². The average Bonchev–Trinajstić information content (AvgIpc) is 3.14. The number of nitrogens with one attached hydrogen (secondary N) is 1. The normalized spacial score (nSPS) is 28.9. The van der Waals surface area contributed by atoms with Gasteiger partial charge in [0, 0.05) is 6.61 Å². The molecule has 3 unspecified atom stereocenters. The van der Waals surface area contributed by atoms with Crippen LogP contribution in [0.4, 0.5) is 0 Å². The molecule has 1 aromatic heterocycles. The summed E-state index contributed by atoms with van der Waals surface area (Å²) in [5.41, 5.74) is 0. The van der Waals surface area contributed by atoms with Gasteiger partial charge in [0.15, 0.2) is 0 Å². The smallest absolute Gasteiger partial charge is 0.244 e. The molecule has 5 nitrogen and oxygen atoms in total. The van der Waals surface area contributed by atoms with Crippen molar-refractivity contribution in [1.82, 2.24) is 15.5 Å². The molecule has 0 amide bonds. The Morgan fingerprint density at radius 2 is 2.10 bits per heavy atom. The predicted octanol–water partition coefficient (Wildman–Crippen LogP) is 3.40. The highest BCUT2D eigenvalue weighted by atomic mass is 16.5. The first-order valence-electron chi connectivity index (χ1n) is 8.48. The Labute approximate surface area is 126 Å². The van der Waals surface area contributed by atoms with E-state index in [2.05, 4.69) is 22.4 Å². The second kappa shape index (κ2) is 6.88. The lowest BCUT2D eigenvalue weighted by Crippen LogP contribution is -2.21. The molecule has 3 atom stereocenters. The molecule has 1 aliphatic carbocycles. The minimum absolute atomic E-state index is 0.00418. The summed E-state index contributed by atoms with van der Waals surface area (Å²) in [6, 6.07) is 0.208. The standard InChI is InChI=1S/C16H27N3O2/c1-3-20-14(12-7-5-4-6-8-12)15-18-16(21-19-15)13-11(2)9-10-17-13/h11-14,17H,3-10H2,1-2H3. The first-order chi connectivity index (χ1) is 10.3. The van der Waals surface area contributed by atoms with Crippen LogP contribution in [0.1, 0.15) is 76.2 Å². The Kier molecular flexibility index (Phi) is 4.91. The number of hydrogen-bond donors (Lipinski definition) is 1. The van der Waals surface area contributed by atoms with E-state index in [0.717, 1.165) is 18.3 Å². The molecule has 3 rings (SSSR count). The first-order valence-corrected chi connectivity index (χ1v) is 8.48. The van der Waals surface area contributed by atoms with E-state index in [-0.39, 0.29) is 12.1 Å². The molecule has 1 saturated heterocycles. The fourth-order valence-electron chi connectivity index (χ4n) is 3.69. The molecule has 2 aliphatic rings. The lowest BCUT2D eigenvalue weighted by molar-refractivity contribution is -0.00145. The molecule has 0 aromatic carbocycles. The van der Waals surface area contributed by atoms with E-state index in [0.29, 0.717) is 18.4 Å². The monoisotopic (exact) mass is 293 g/mol. The second-order valence-corrected chi connectivity index (χ2v) is 6.46. The molecule has 21 heavy (non-hydrogen) atoms. The fraction of sp³-hybridized carbons (Fsp3) is 0.875. The number of nitrogens with zero attached hydrogens (tertiary/aromatic N) is 2. The van der Waals surface area contributed by atoms with Gasteiger partial charge in [-0.3, -0.25) is 0 Å². The van der Waals surface area contributed by atoms with Crippen LogP contribution in [-0.2, 0) is 4.74 Å². The molecule has 0 spiro atoms. The SMILES string of the molecule is CCOC(c1noc(C2NCCC2C)n1)C1CCCCC1. The third-order valence-electron chi connectivity index (χ3n) is 4.94. The van der Waals surface area contributed by atoms with Gasteiger partial charge in [-0.05, 0) is 44.6 Å². The molecular weight excluding hydrogens is 266 g/mol.